The standard InChI is InChI=1S/C27H28ClN3O5S/c1-19-13-14-20(28)16-25(19)31(37(34,35)22-9-3-2-4-10-22)18-26(32)30-24-12-6-5-11-23(24)27(33)29-17-21-8-7-15-36-21/h2-6,9-14,16,21H,7-8,15,17-18H2,1H3,(H,29,33)(H,30,32)/t21-/m0/s1. The van der Waals surface area contributed by atoms with Crippen LogP contribution in [0.5, 0.6) is 0 Å². The van der Waals surface area contributed by atoms with Crippen molar-refractivity contribution in [3.63, 3.8) is 0 Å². The summed E-state index contributed by atoms with van der Waals surface area (Å²) in [6.45, 7) is 2.27. The molecule has 4 rings (SSSR count). The van der Waals surface area contributed by atoms with E-state index < -0.39 is 22.5 Å². The van der Waals surface area contributed by atoms with Crippen molar-refractivity contribution in [1.82, 2.24) is 5.32 Å². The smallest absolute Gasteiger partial charge is 0.264 e. The molecular formula is C27H28ClN3O5S. The molecule has 1 fully saturated rings. The first-order chi connectivity index (χ1) is 17.8. The number of carbonyl (C=O) groups is 2. The maximum absolute atomic E-state index is 13.6. The van der Waals surface area contributed by atoms with Gasteiger partial charge in [-0.2, -0.15) is 0 Å². The Hall–Kier alpha value is -3.40. The maximum atomic E-state index is 13.6. The first-order valence-corrected chi connectivity index (χ1v) is 13.7. The van der Waals surface area contributed by atoms with Crippen molar-refractivity contribution in [2.24, 2.45) is 0 Å². The number of para-hydroxylation sites is 1. The molecule has 2 amide bonds. The number of rotatable bonds is 9. The van der Waals surface area contributed by atoms with Crippen LogP contribution in [0.3, 0.4) is 0 Å². The Labute approximate surface area is 221 Å². The number of amides is 2. The molecule has 0 spiro atoms. The predicted molar refractivity (Wildman–Crippen MR) is 144 cm³/mol. The van der Waals surface area contributed by atoms with Crippen molar-refractivity contribution >= 4 is 44.8 Å². The molecule has 10 heteroatoms. The second-order valence-corrected chi connectivity index (χ2v) is 11.0. The Bertz CT molecular complexity index is 1380. The Kier molecular flexibility index (Phi) is 8.48. The van der Waals surface area contributed by atoms with Gasteiger partial charge in [-0.15, -0.1) is 0 Å². The van der Waals surface area contributed by atoms with Gasteiger partial charge < -0.3 is 15.4 Å². The van der Waals surface area contributed by atoms with Crippen molar-refractivity contribution in [2.45, 2.75) is 30.8 Å². The third kappa shape index (κ3) is 6.49. The Morgan fingerprint density at radius 1 is 1.05 bits per heavy atom. The van der Waals surface area contributed by atoms with E-state index in [4.69, 9.17) is 16.3 Å². The first kappa shape index (κ1) is 26.7. The summed E-state index contributed by atoms with van der Waals surface area (Å²) < 4.78 is 33.8. The van der Waals surface area contributed by atoms with Crippen LogP contribution in [0, 0.1) is 6.92 Å². The zero-order chi connectivity index (χ0) is 26.4. The molecule has 0 aliphatic carbocycles. The summed E-state index contributed by atoms with van der Waals surface area (Å²) in [5.74, 6) is -0.968. The molecule has 1 heterocycles. The summed E-state index contributed by atoms with van der Waals surface area (Å²) in [5, 5.41) is 5.89. The fourth-order valence-electron chi connectivity index (χ4n) is 4.09. The van der Waals surface area contributed by atoms with E-state index in [1.807, 2.05) is 0 Å². The third-order valence-electron chi connectivity index (χ3n) is 6.02. The van der Waals surface area contributed by atoms with Crippen LogP contribution in [0.2, 0.25) is 5.02 Å². The maximum Gasteiger partial charge on any atom is 0.264 e. The molecule has 1 aliphatic rings. The van der Waals surface area contributed by atoms with E-state index in [1.165, 1.54) is 18.2 Å². The van der Waals surface area contributed by atoms with Gasteiger partial charge in [0.15, 0.2) is 0 Å². The quantitative estimate of drug-likeness (QED) is 0.418. The Morgan fingerprint density at radius 3 is 2.51 bits per heavy atom. The molecule has 1 saturated heterocycles. The number of ether oxygens (including phenoxy) is 1. The molecule has 0 aromatic heterocycles. The van der Waals surface area contributed by atoms with Gasteiger partial charge in [0.1, 0.15) is 6.54 Å². The van der Waals surface area contributed by atoms with Gasteiger partial charge in [-0.05, 0) is 61.7 Å². The summed E-state index contributed by atoms with van der Waals surface area (Å²) in [4.78, 5) is 26.1. The lowest BCUT2D eigenvalue weighted by atomic mass is 10.1. The fraction of sp³-hybridized carbons (Fsp3) is 0.259. The highest BCUT2D eigenvalue weighted by molar-refractivity contribution is 7.92. The highest BCUT2D eigenvalue weighted by atomic mass is 35.5. The Balaban J connectivity index is 1.58. The molecule has 3 aromatic carbocycles. The summed E-state index contributed by atoms with van der Waals surface area (Å²) >= 11 is 6.18. The largest absolute Gasteiger partial charge is 0.376 e. The lowest BCUT2D eigenvalue weighted by molar-refractivity contribution is -0.114. The number of aryl methyl sites for hydroxylation is 1. The topological polar surface area (TPSA) is 105 Å². The molecule has 1 aliphatic heterocycles. The predicted octanol–water partition coefficient (Wildman–Crippen LogP) is 4.39. The van der Waals surface area contributed by atoms with Gasteiger partial charge in [0.2, 0.25) is 5.91 Å². The molecule has 0 radical (unpaired) electrons. The number of halogens is 1. The van der Waals surface area contributed by atoms with Crippen molar-refractivity contribution in [3.8, 4) is 0 Å². The summed E-state index contributed by atoms with van der Waals surface area (Å²) in [6, 6.07) is 19.3. The number of nitrogens with zero attached hydrogens (tertiary/aromatic N) is 1. The lowest BCUT2D eigenvalue weighted by Crippen LogP contribution is -2.39. The van der Waals surface area contributed by atoms with E-state index >= 15 is 0 Å². The molecule has 37 heavy (non-hydrogen) atoms. The average molecular weight is 542 g/mol. The van der Waals surface area contributed by atoms with Crippen LogP contribution < -0.4 is 14.9 Å². The van der Waals surface area contributed by atoms with Crippen LogP contribution >= 0.6 is 11.6 Å². The van der Waals surface area contributed by atoms with Gasteiger partial charge in [0.05, 0.1) is 27.9 Å². The zero-order valence-electron chi connectivity index (χ0n) is 20.3. The van der Waals surface area contributed by atoms with Crippen molar-refractivity contribution < 1.29 is 22.7 Å². The number of sulfonamides is 1. The van der Waals surface area contributed by atoms with Gasteiger partial charge in [-0.1, -0.05) is 48.0 Å². The number of benzene rings is 3. The fourth-order valence-corrected chi connectivity index (χ4v) is 5.75. The van der Waals surface area contributed by atoms with E-state index in [9.17, 15) is 18.0 Å². The number of hydrogen-bond acceptors (Lipinski definition) is 5. The molecule has 0 saturated carbocycles. The van der Waals surface area contributed by atoms with Crippen LogP contribution in [0.4, 0.5) is 11.4 Å². The monoisotopic (exact) mass is 541 g/mol. The van der Waals surface area contributed by atoms with Crippen molar-refractivity contribution in [2.75, 3.05) is 29.3 Å². The molecule has 8 nitrogen and oxygen atoms in total. The van der Waals surface area contributed by atoms with Gasteiger partial charge in [-0.3, -0.25) is 13.9 Å². The highest BCUT2D eigenvalue weighted by Gasteiger charge is 2.29. The van der Waals surface area contributed by atoms with Gasteiger partial charge in [0.25, 0.3) is 15.9 Å². The normalized spacial score (nSPS) is 15.2. The third-order valence-corrected chi connectivity index (χ3v) is 8.03. The average Bonchev–Trinajstić information content (AvgIpc) is 3.42. The van der Waals surface area contributed by atoms with Crippen molar-refractivity contribution in [3.05, 3.63) is 88.9 Å². The van der Waals surface area contributed by atoms with E-state index in [0.717, 1.165) is 17.1 Å². The highest BCUT2D eigenvalue weighted by Crippen LogP contribution is 2.29. The number of anilines is 2. The van der Waals surface area contributed by atoms with Gasteiger partial charge in [0, 0.05) is 18.2 Å². The molecule has 1 atom stereocenters. The van der Waals surface area contributed by atoms with Crippen LogP contribution in [0.1, 0.15) is 28.8 Å². The van der Waals surface area contributed by atoms with Gasteiger partial charge >= 0.3 is 0 Å². The van der Waals surface area contributed by atoms with Crippen molar-refractivity contribution in [1.29, 1.82) is 0 Å². The lowest BCUT2D eigenvalue weighted by Gasteiger charge is -2.26. The Morgan fingerprint density at radius 2 is 1.78 bits per heavy atom. The minimum atomic E-state index is -4.10. The van der Waals surface area contributed by atoms with Crippen LogP contribution in [0.25, 0.3) is 0 Å². The number of carbonyl (C=O) groups excluding carboxylic acids is 2. The SMILES string of the molecule is Cc1ccc(Cl)cc1N(CC(=O)Nc1ccccc1C(=O)NC[C@@H]1CCCO1)S(=O)(=O)c1ccccc1. The second kappa shape index (κ2) is 11.8. The summed E-state index contributed by atoms with van der Waals surface area (Å²) in [7, 11) is -4.10. The number of nitrogens with one attached hydrogen (secondary N) is 2. The van der Waals surface area contributed by atoms with Crippen LogP contribution in [-0.2, 0) is 19.6 Å². The molecule has 3 aromatic rings. The van der Waals surface area contributed by atoms with Crippen LogP contribution in [0.15, 0.2) is 77.7 Å². The van der Waals surface area contributed by atoms with Gasteiger partial charge in [-0.25, -0.2) is 8.42 Å². The minimum Gasteiger partial charge on any atom is -0.376 e. The first-order valence-electron chi connectivity index (χ1n) is 11.9. The molecule has 0 bridgehead atoms. The molecule has 2 N–H and O–H groups in total. The van der Waals surface area contributed by atoms with Crippen LogP contribution in [-0.4, -0.2) is 46.0 Å². The minimum absolute atomic E-state index is 0.0246. The van der Waals surface area contributed by atoms with E-state index in [0.29, 0.717) is 23.7 Å². The second-order valence-electron chi connectivity index (χ2n) is 8.69. The molecular weight excluding hydrogens is 514 g/mol. The molecule has 194 valence electrons. The number of hydrogen-bond donors (Lipinski definition) is 2. The summed E-state index contributed by atoms with van der Waals surface area (Å²) in [6.07, 6.45) is 1.82. The van der Waals surface area contributed by atoms with E-state index in [2.05, 4.69) is 10.6 Å². The molecule has 0 unspecified atom stereocenters. The van der Waals surface area contributed by atoms with E-state index in [-0.39, 0.29) is 33.8 Å². The summed E-state index contributed by atoms with van der Waals surface area (Å²) in [5.41, 5.74) is 1.46. The zero-order valence-corrected chi connectivity index (χ0v) is 21.9. The van der Waals surface area contributed by atoms with E-state index in [1.54, 1.807) is 61.5 Å².